The molecule has 1 heterocycles. The van der Waals surface area contributed by atoms with Crippen molar-refractivity contribution < 1.29 is 19.1 Å². The molecule has 0 fully saturated rings. The van der Waals surface area contributed by atoms with E-state index in [0.29, 0.717) is 55.5 Å². The van der Waals surface area contributed by atoms with E-state index in [1.165, 1.54) is 10.5 Å². The Morgan fingerprint density at radius 1 is 0.882 bits per heavy atom. The Kier molecular flexibility index (Phi) is 9.28. The van der Waals surface area contributed by atoms with Gasteiger partial charge in [-0.25, -0.2) is 0 Å². The van der Waals surface area contributed by atoms with Gasteiger partial charge in [-0.3, -0.25) is 14.5 Å². The molecule has 6 nitrogen and oxygen atoms in total. The van der Waals surface area contributed by atoms with E-state index in [0.717, 1.165) is 24.3 Å². The Balaban J connectivity index is 1.83. The minimum Gasteiger partial charge on any atom is -0.494 e. The third-order valence-electron chi connectivity index (χ3n) is 5.78. The van der Waals surface area contributed by atoms with Gasteiger partial charge in [-0.2, -0.15) is 0 Å². The number of hydrogen-bond donors (Lipinski definition) is 1. The van der Waals surface area contributed by atoms with Crippen molar-refractivity contribution in [2.75, 3.05) is 31.7 Å². The Labute approximate surface area is 202 Å². The van der Waals surface area contributed by atoms with E-state index in [1.54, 1.807) is 0 Å². The van der Waals surface area contributed by atoms with E-state index in [1.807, 2.05) is 55.5 Å². The van der Waals surface area contributed by atoms with Crippen molar-refractivity contribution in [1.29, 1.82) is 0 Å². The second kappa shape index (κ2) is 12.4. The molecule has 3 rings (SSSR count). The third-order valence-corrected chi connectivity index (χ3v) is 5.78. The lowest BCUT2D eigenvalue weighted by molar-refractivity contribution is -0.137. The first kappa shape index (κ1) is 25.5. The topological polar surface area (TPSA) is 67.9 Å². The van der Waals surface area contributed by atoms with Crippen LogP contribution in [0, 0.1) is 0 Å². The fraction of sp³-hybridized carbons (Fsp3) is 0.429. The fourth-order valence-electron chi connectivity index (χ4n) is 3.82. The van der Waals surface area contributed by atoms with Crippen molar-refractivity contribution in [2.45, 2.75) is 52.9 Å². The number of benzene rings is 2. The number of nitrogens with zero attached hydrogens (tertiary/aromatic N) is 1. The van der Waals surface area contributed by atoms with Gasteiger partial charge in [-0.15, -0.1) is 0 Å². The molecular formula is C28H36N2O4. The van der Waals surface area contributed by atoms with E-state index in [2.05, 4.69) is 26.1 Å². The average Bonchev–Trinajstić information content (AvgIpc) is 3.06. The zero-order valence-corrected chi connectivity index (χ0v) is 20.7. The van der Waals surface area contributed by atoms with E-state index >= 15 is 0 Å². The van der Waals surface area contributed by atoms with E-state index in [4.69, 9.17) is 9.47 Å². The summed E-state index contributed by atoms with van der Waals surface area (Å²) in [6, 6.07) is 15.3. The molecule has 2 aromatic rings. The van der Waals surface area contributed by atoms with Gasteiger partial charge in [-0.1, -0.05) is 51.5 Å². The van der Waals surface area contributed by atoms with Gasteiger partial charge in [0.1, 0.15) is 11.4 Å². The SMILES string of the molecule is CCCCOCCCN1C(=O)C(Nc2ccc(C(C)C)cc2)=C(c2ccc(OCC)cc2)C1=O. The normalized spacial score (nSPS) is 13.9. The molecule has 6 heteroatoms. The van der Waals surface area contributed by atoms with Gasteiger partial charge in [0.05, 0.1) is 12.2 Å². The number of carbonyl (C=O) groups is 2. The molecule has 0 spiro atoms. The van der Waals surface area contributed by atoms with Crippen LogP contribution in [0.3, 0.4) is 0 Å². The molecule has 182 valence electrons. The van der Waals surface area contributed by atoms with Crippen LogP contribution in [0.1, 0.15) is 64.0 Å². The lowest BCUT2D eigenvalue weighted by Gasteiger charge is -2.15. The number of rotatable bonds is 13. The number of anilines is 1. The zero-order valence-electron chi connectivity index (χ0n) is 20.7. The highest BCUT2D eigenvalue weighted by Crippen LogP contribution is 2.32. The van der Waals surface area contributed by atoms with Gasteiger partial charge in [0.15, 0.2) is 0 Å². The van der Waals surface area contributed by atoms with Crippen LogP contribution in [-0.4, -0.2) is 43.1 Å². The predicted molar refractivity (Wildman–Crippen MR) is 136 cm³/mol. The number of unbranched alkanes of at least 4 members (excludes halogenated alkanes) is 1. The third kappa shape index (κ3) is 6.26. The van der Waals surface area contributed by atoms with Crippen molar-refractivity contribution in [3.8, 4) is 5.75 Å². The highest BCUT2D eigenvalue weighted by Gasteiger charge is 2.38. The predicted octanol–water partition coefficient (Wildman–Crippen LogP) is 5.61. The van der Waals surface area contributed by atoms with E-state index in [-0.39, 0.29) is 11.8 Å². The van der Waals surface area contributed by atoms with Gasteiger partial charge < -0.3 is 14.8 Å². The van der Waals surface area contributed by atoms with Crippen LogP contribution >= 0.6 is 0 Å². The minimum absolute atomic E-state index is 0.288. The second-order valence-corrected chi connectivity index (χ2v) is 8.69. The molecule has 1 aliphatic heterocycles. The zero-order chi connectivity index (χ0) is 24.5. The first-order valence-corrected chi connectivity index (χ1v) is 12.2. The van der Waals surface area contributed by atoms with Crippen LogP contribution < -0.4 is 10.1 Å². The standard InChI is InChI=1S/C28H36N2O4/c1-5-7-18-33-19-8-17-30-27(31)25(22-11-15-24(16-12-22)34-6-2)26(28(30)32)29-23-13-9-21(10-14-23)20(3)4/h9-16,20,29H,5-8,17-19H2,1-4H3. The van der Waals surface area contributed by atoms with Crippen LogP contribution in [-0.2, 0) is 14.3 Å². The largest absolute Gasteiger partial charge is 0.494 e. The lowest BCUT2D eigenvalue weighted by atomic mass is 10.0. The molecule has 0 atom stereocenters. The maximum Gasteiger partial charge on any atom is 0.278 e. The number of imide groups is 1. The number of hydrogen-bond acceptors (Lipinski definition) is 5. The van der Waals surface area contributed by atoms with Gasteiger partial charge in [0.25, 0.3) is 11.8 Å². The maximum absolute atomic E-state index is 13.4. The highest BCUT2D eigenvalue weighted by atomic mass is 16.5. The Hall–Kier alpha value is -3.12. The summed E-state index contributed by atoms with van der Waals surface area (Å²) in [6.45, 7) is 10.4. The number of amides is 2. The molecule has 0 aromatic heterocycles. The van der Waals surface area contributed by atoms with E-state index in [9.17, 15) is 9.59 Å². The van der Waals surface area contributed by atoms with Crippen molar-refractivity contribution >= 4 is 23.1 Å². The van der Waals surface area contributed by atoms with Crippen LogP contribution in [0.5, 0.6) is 5.75 Å². The van der Waals surface area contributed by atoms with Gasteiger partial charge in [-0.05, 0) is 61.1 Å². The van der Waals surface area contributed by atoms with Crippen LogP contribution in [0.4, 0.5) is 5.69 Å². The molecule has 2 aromatic carbocycles. The minimum atomic E-state index is -0.310. The average molecular weight is 465 g/mol. The molecule has 0 saturated carbocycles. The number of ether oxygens (including phenoxy) is 2. The summed E-state index contributed by atoms with van der Waals surface area (Å²) in [4.78, 5) is 28.0. The van der Waals surface area contributed by atoms with Crippen molar-refractivity contribution in [2.24, 2.45) is 0 Å². The first-order chi connectivity index (χ1) is 16.5. The Morgan fingerprint density at radius 3 is 2.18 bits per heavy atom. The van der Waals surface area contributed by atoms with E-state index < -0.39 is 0 Å². The smallest absolute Gasteiger partial charge is 0.278 e. The lowest BCUT2D eigenvalue weighted by Crippen LogP contribution is -2.34. The monoisotopic (exact) mass is 464 g/mol. The Bertz CT molecular complexity index is 994. The Morgan fingerprint density at radius 2 is 1.56 bits per heavy atom. The fourth-order valence-corrected chi connectivity index (χ4v) is 3.82. The molecule has 0 saturated heterocycles. The van der Waals surface area contributed by atoms with Crippen LogP contribution in [0.2, 0.25) is 0 Å². The highest BCUT2D eigenvalue weighted by molar-refractivity contribution is 6.36. The molecule has 2 amide bonds. The molecule has 1 aliphatic rings. The summed E-state index contributed by atoms with van der Waals surface area (Å²) in [5.41, 5.74) is 3.36. The summed E-state index contributed by atoms with van der Waals surface area (Å²) in [7, 11) is 0. The summed E-state index contributed by atoms with van der Waals surface area (Å²) >= 11 is 0. The molecule has 34 heavy (non-hydrogen) atoms. The number of nitrogens with one attached hydrogen (secondary N) is 1. The molecule has 0 aliphatic carbocycles. The van der Waals surface area contributed by atoms with Gasteiger partial charge >= 0.3 is 0 Å². The second-order valence-electron chi connectivity index (χ2n) is 8.69. The summed E-state index contributed by atoms with van der Waals surface area (Å²) in [5, 5.41) is 3.23. The summed E-state index contributed by atoms with van der Waals surface area (Å²) in [5.74, 6) is 0.542. The van der Waals surface area contributed by atoms with Gasteiger partial charge in [0, 0.05) is 25.4 Å². The van der Waals surface area contributed by atoms with Crippen molar-refractivity contribution in [1.82, 2.24) is 4.90 Å². The quantitative estimate of drug-likeness (QED) is 0.308. The molecule has 0 unspecified atom stereocenters. The number of carbonyl (C=O) groups excluding carboxylic acids is 2. The van der Waals surface area contributed by atoms with Crippen LogP contribution in [0.25, 0.3) is 5.57 Å². The summed E-state index contributed by atoms with van der Waals surface area (Å²) in [6.07, 6.45) is 2.69. The maximum atomic E-state index is 13.4. The molecule has 0 bridgehead atoms. The van der Waals surface area contributed by atoms with Gasteiger partial charge in [0.2, 0.25) is 0 Å². The van der Waals surface area contributed by atoms with Crippen LogP contribution in [0.15, 0.2) is 54.2 Å². The summed E-state index contributed by atoms with van der Waals surface area (Å²) < 4.78 is 11.1. The molecule has 1 N–H and O–H groups in total. The van der Waals surface area contributed by atoms with Crippen molar-refractivity contribution in [3.05, 3.63) is 65.4 Å². The molecule has 0 radical (unpaired) electrons. The molecular weight excluding hydrogens is 428 g/mol. The van der Waals surface area contributed by atoms with Crippen molar-refractivity contribution in [3.63, 3.8) is 0 Å². The first-order valence-electron chi connectivity index (χ1n) is 12.2.